The zero-order chi connectivity index (χ0) is 8.43. The maximum absolute atomic E-state index is 9.24. The molecule has 0 saturated carbocycles. The fraction of sp³-hybridized carbons (Fsp3) is 1.00. The monoisotopic (exact) mass is 162 g/mol. The van der Waals surface area contributed by atoms with Crippen LogP contribution >= 0.6 is 0 Å². The largest absolute Gasteiger partial charge is 0.390 e. The van der Waals surface area contributed by atoms with Crippen LogP contribution in [0.15, 0.2) is 0 Å². The Morgan fingerprint density at radius 2 is 2.09 bits per heavy atom. The summed E-state index contributed by atoms with van der Waals surface area (Å²) >= 11 is 0. The summed E-state index contributed by atoms with van der Waals surface area (Å²) in [5.41, 5.74) is 0. The van der Waals surface area contributed by atoms with Gasteiger partial charge in [-0.1, -0.05) is 0 Å². The van der Waals surface area contributed by atoms with Crippen molar-refractivity contribution >= 4 is 0 Å². The van der Waals surface area contributed by atoms with Crippen LogP contribution in [0, 0.1) is 0 Å². The highest BCUT2D eigenvalue weighted by atomic mass is 16.7. The summed E-state index contributed by atoms with van der Waals surface area (Å²) in [6, 6.07) is 0. The highest BCUT2D eigenvalue weighted by Gasteiger charge is 2.33. The molecule has 1 rings (SSSR count). The third-order valence-electron chi connectivity index (χ3n) is 1.94. The maximum Gasteiger partial charge on any atom is 0.160 e. The van der Waals surface area contributed by atoms with Crippen molar-refractivity contribution in [3.05, 3.63) is 0 Å². The zero-order valence-electron chi connectivity index (χ0n) is 6.73. The van der Waals surface area contributed by atoms with Crippen molar-refractivity contribution in [2.75, 3.05) is 7.11 Å². The highest BCUT2D eigenvalue weighted by Crippen LogP contribution is 2.19. The minimum absolute atomic E-state index is 0.335. The Balaban J connectivity index is 2.47. The number of rotatable bonds is 1. The molecule has 4 heteroatoms. The van der Waals surface area contributed by atoms with Crippen molar-refractivity contribution in [3.8, 4) is 0 Å². The summed E-state index contributed by atoms with van der Waals surface area (Å²) in [5.74, 6) is 0. The molecule has 0 amide bonds. The van der Waals surface area contributed by atoms with Crippen molar-refractivity contribution < 1.29 is 19.7 Å². The first-order valence-electron chi connectivity index (χ1n) is 3.69. The zero-order valence-corrected chi connectivity index (χ0v) is 6.73. The first kappa shape index (κ1) is 8.93. The Kier molecular flexibility index (Phi) is 2.84. The summed E-state index contributed by atoms with van der Waals surface area (Å²) in [6.07, 6.45) is -1.93. The van der Waals surface area contributed by atoms with Gasteiger partial charge in [0.15, 0.2) is 6.29 Å². The van der Waals surface area contributed by atoms with E-state index >= 15 is 0 Å². The molecule has 4 nitrogen and oxygen atoms in total. The summed E-state index contributed by atoms with van der Waals surface area (Å²) in [6.45, 7) is 1.71. The molecule has 1 heterocycles. The first-order chi connectivity index (χ1) is 5.15. The minimum atomic E-state index is -0.790. The third kappa shape index (κ3) is 1.90. The van der Waals surface area contributed by atoms with Crippen LogP contribution in [-0.4, -0.2) is 41.9 Å². The van der Waals surface area contributed by atoms with Gasteiger partial charge in [0.1, 0.15) is 6.10 Å². The van der Waals surface area contributed by atoms with E-state index in [9.17, 15) is 10.2 Å². The number of ether oxygens (including phenoxy) is 2. The van der Waals surface area contributed by atoms with E-state index in [1.54, 1.807) is 6.92 Å². The van der Waals surface area contributed by atoms with E-state index in [-0.39, 0.29) is 12.4 Å². The summed E-state index contributed by atoms with van der Waals surface area (Å²) in [5, 5.41) is 18.5. The van der Waals surface area contributed by atoms with Crippen molar-refractivity contribution in [2.24, 2.45) is 0 Å². The fourth-order valence-corrected chi connectivity index (χ4v) is 1.18. The van der Waals surface area contributed by atoms with Crippen LogP contribution in [0.2, 0.25) is 0 Å². The lowest BCUT2D eigenvalue weighted by Gasteiger charge is -2.34. The topological polar surface area (TPSA) is 58.9 Å². The Hall–Kier alpha value is -0.160. The van der Waals surface area contributed by atoms with Gasteiger partial charge in [0.25, 0.3) is 0 Å². The summed E-state index contributed by atoms with van der Waals surface area (Å²) in [4.78, 5) is 0. The molecule has 2 N–H and O–H groups in total. The van der Waals surface area contributed by atoms with Crippen LogP contribution in [-0.2, 0) is 9.47 Å². The molecule has 1 saturated heterocycles. The molecule has 1 fully saturated rings. The molecular weight excluding hydrogens is 148 g/mol. The van der Waals surface area contributed by atoms with E-state index in [1.807, 2.05) is 0 Å². The molecule has 0 aromatic heterocycles. The lowest BCUT2D eigenvalue weighted by molar-refractivity contribution is -0.237. The highest BCUT2D eigenvalue weighted by molar-refractivity contribution is 4.79. The van der Waals surface area contributed by atoms with Crippen LogP contribution in [0.4, 0.5) is 0 Å². The van der Waals surface area contributed by atoms with Crippen molar-refractivity contribution in [1.82, 2.24) is 0 Å². The Morgan fingerprint density at radius 1 is 1.45 bits per heavy atom. The second-order valence-electron chi connectivity index (χ2n) is 2.80. The fourth-order valence-electron chi connectivity index (χ4n) is 1.18. The standard InChI is InChI=1S/C7H14O4/c1-4-7(9)5(8)3-6(10-2)11-4/h4-9H,3H2,1-2H3/t4-,5+,6-,7+/m1/s1. The Morgan fingerprint density at radius 3 is 2.55 bits per heavy atom. The molecular formula is C7H14O4. The second kappa shape index (κ2) is 3.49. The van der Waals surface area contributed by atoms with Crippen LogP contribution < -0.4 is 0 Å². The lowest BCUT2D eigenvalue weighted by Crippen LogP contribution is -2.47. The quantitative estimate of drug-likeness (QED) is 0.545. The average Bonchev–Trinajstić information content (AvgIpc) is 1.99. The van der Waals surface area contributed by atoms with Gasteiger partial charge < -0.3 is 19.7 Å². The van der Waals surface area contributed by atoms with Crippen LogP contribution in [0.25, 0.3) is 0 Å². The summed E-state index contributed by atoms with van der Waals surface area (Å²) < 4.78 is 10.1. The minimum Gasteiger partial charge on any atom is -0.390 e. The summed E-state index contributed by atoms with van der Waals surface area (Å²) in [7, 11) is 1.52. The Bertz CT molecular complexity index is 116. The van der Waals surface area contributed by atoms with Gasteiger partial charge in [-0.15, -0.1) is 0 Å². The SMILES string of the molecule is CO[C@H]1C[C@H](O)[C@@H](O)[C@@H](C)O1. The molecule has 1 aliphatic heterocycles. The molecule has 0 spiro atoms. The van der Waals surface area contributed by atoms with Crippen molar-refractivity contribution in [2.45, 2.75) is 37.9 Å². The van der Waals surface area contributed by atoms with Gasteiger partial charge in [0.2, 0.25) is 0 Å². The first-order valence-corrected chi connectivity index (χ1v) is 3.69. The normalized spacial score (nSPS) is 45.8. The molecule has 0 aliphatic carbocycles. The van der Waals surface area contributed by atoms with Gasteiger partial charge in [-0.05, 0) is 6.92 Å². The van der Waals surface area contributed by atoms with Gasteiger partial charge in [-0.2, -0.15) is 0 Å². The maximum atomic E-state index is 9.24. The van der Waals surface area contributed by atoms with Crippen LogP contribution in [0.3, 0.4) is 0 Å². The van der Waals surface area contributed by atoms with E-state index in [2.05, 4.69) is 0 Å². The molecule has 0 bridgehead atoms. The van der Waals surface area contributed by atoms with Gasteiger partial charge in [-0.25, -0.2) is 0 Å². The number of aliphatic hydroxyl groups is 2. The molecule has 11 heavy (non-hydrogen) atoms. The number of methoxy groups -OCH3 is 1. The van der Waals surface area contributed by atoms with Crippen molar-refractivity contribution in [1.29, 1.82) is 0 Å². The predicted molar refractivity (Wildman–Crippen MR) is 38.0 cm³/mol. The second-order valence-corrected chi connectivity index (χ2v) is 2.80. The smallest absolute Gasteiger partial charge is 0.160 e. The van der Waals surface area contributed by atoms with Crippen molar-refractivity contribution in [3.63, 3.8) is 0 Å². The number of aliphatic hydroxyl groups excluding tert-OH is 2. The third-order valence-corrected chi connectivity index (χ3v) is 1.94. The molecule has 0 aromatic carbocycles. The van der Waals surface area contributed by atoms with Crippen LogP contribution in [0.1, 0.15) is 13.3 Å². The van der Waals surface area contributed by atoms with E-state index < -0.39 is 12.2 Å². The lowest BCUT2D eigenvalue weighted by atomic mass is 10.0. The molecule has 0 unspecified atom stereocenters. The predicted octanol–water partition coefficient (Wildman–Crippen LogP) is -0.510. The molecule has 0 radical (unpaired) electrons. The van der Waals surface area contributed by atoms with E-state index in [4.69, 9.17) is 9.47 Å². The van der Waals surface area contributed by atoms with Gasteiger partial charge in [0.05, 0.1) is 12.2 Å². The number of hydrogen-bond donors (Lipinski definition) is 2. The number of hydrogen-bond acceptors (Lipinski definition) is 4. The van der Waals surface area contributed by atoms with E-state index in [1.165, 1.54) is 7.11 Å². The van der Waals surface area contributed by atoms with E-state index in [0.717, 1.165) is 0 Å². The van der Waals surface area contributed by atoms with Gasteiger partial charge in [0, 0.05) is 13.5 Å². The van der Waals surface area contributed by atoms with Crippen LogP contribution in [0.5, 0.6) is 0 Å². The molecule has 66 valence electrons. The molecule has 1 aliphatic rings. The Labute approximate surface area is 65.7 Å². The van der Waals surface area contributed by atoms with E-state index in [0.29, 0.717) is 6.42 Å². The van der Waals surface area contributed by atoms with Gasteiger partial charge in [-0.3, -0.25) is 0 Å². The molecule has 4 atom stereocenters. The molecule has 0 aromatic rings. The van der Waals surface area contributed by atoms with Gasteiger partial charge >= 0.3 is 0 Å². The average molecular weight is 162 g/mol.